The molecule has 6 nitrogen and oxygen atoms in total. The Hall–Kier alpha value is -2.86. The van der Waals surface area contributed by atoms with E-state index in [2.05, 4.69) is 38.3 Å². The highest BCUT2D eigenvalue weighted by atomic mass is 16.1. The number of piperidine rings is 1. The number of nitrogens with one attached hydrogen (secondary N) is 1. The fraction of sp³-hybridized carbons (Fsp3) is 0.333. The van der Waals surface area contributed by atoms with Crippen LogP contribution in [-0.4, -0.2) is 45.9 Å². The number of carbonyl (C=O) groups excluding carboxylic acids is 1. The van der Waals surface area contributed by atoms with Crippen LogP contribution in [0.1, 0.15) is 18.7 Å². The van der Waals surface area contributed by atoms with E-state index in [1.54, 1.807) is 6.20 Å². The minimum atomic E-state index is 0.0646. The summed E-state index contributed by atoms with van der Waals surface area (Å²) in [6, 6.07) is 8.08. The van der Waals surface area contributed by atoms with Crippen LogP contribution < -0.4 is 5.32 Å². The van der Waals surface area contributed by atoms with Gasteiger partial charge in [0.2, 0.25) is 5.91 Å². The van der Waals surface area contributed by atoms with Crippen LogP contribution >= 0.6 is 0 Å². The number of hydrogen-bond donors (Lipinski definition) is 1. The summed E-state index contributed by atoms with van der Waals surface area (Å²) in [4.78, 5) is 27.7. The van der Waals surface area contributed by atoms with Gasteiger partial charge in [-0.1, -0.05) is 12.1 Å². The Bertz CT molecular complexity index is 962. The van der Waals surface area contributed by atoms with Crippen LogP contribution in [-0.2, 0) is 4.79 Å². The van der Waals surface area contributed by atoms with Crippen LogP contribution in [0.2, 0.25) is 0 Å². The first-order chi connectivity index (χ1) is 13.1. The second-order valence-electron chi connectivity index (χ2n) is 7.22. The normalized spacial score (nSPS) is 15.8. The Morgan fingerprint density at radius 3 is 2.48 bits per heavy atom. The summed E-state index contributed by atoms with van der Waals surface area (Å²) in [6.07, 6.45) is 7.25. The van der Waals surface area contributed by atoms with Gasteiger partial charge in [-0.15, -0.1) is 0 Å². The lowest BCUT2D eigenvalue weighted by Gasteiger charge is -2.27. The SMILES string of the molecule is Cc1ncc(-c2ccc3cnc(NC(=O)C4CCN(C)CC4)cc3c2)cn1. The largest absolute Gasteiger partial charge is 0.310 e. The van der Waals surface area contributed by atoms with E-state index >= 15 is 0 Å². The number of amides is 1. The van der Waals surface area contributed by atoms with E-state index in [0.29, 0.717) is 5.82 Å². The Kier molecular flexibility index (Phi) is 4.81. The second kappa shape index (κ2) is 7.40. The fourth-order valence-electron chi connectivity index (χ4n) is 3.43. The van der Waals surface area contributed by atoms with Crippen molar-refractivity contribution in [3.8, 4) is 11.1 Å². The van der Waals surface area contributed by atoms with E-state index in [9.17, 15) is 4.79 Å². The molecule has 0 saturated carbocycles. The minimum Gasteiger partial charge on any atom is -0.310 e. The number of carbonyl (C=O) groups is 1. The van der Waals surface area contributed by atoms with Crippen molar-refractivity contribution >= 4 is 22.5 Å². The number of likely N-dealkylation sites (tertiary alicyclic amines) is 1. The zero-order valence-electron chi connectivity index (χ0n) is 15.6. The van der Waals surface area contributed by atoms with Crippen LogP contribution in [0.3, 0.4) is 0 Å². The van der Waals surface area contributed by atoms with Gasteiger partial charge >= 0.3 is 0 Å². The number of anilines is 1. The third-order valence-corrected chi connectivity index (χ3v) is 5.18. The summed E-state index contributed by atoms with van der Waals surface area (Å²) in [5.74, 6) is 1.49. The molecule has 3 heterocycles. The number of pyridine rings is 1. The lowest BCUT2D eigenvalue weighted by atomic mass is 9.96. The van der Waals surface area contributed by atoms with Crippen molar-refractivity contribution in [2.24, 2.45) is 5.92 Å². The third kappa shape index (κ3) is 3.95. The molecule has 3 aromatic rings. The minimum absolute atomic E-state index is 0.0646. The predicted octanol–water partition coefficient (Wildman–Crippen LogP) is 3.28. The van der Waals surface area contributed by atoms with Gasteiger partial charge in [-0.2, -0.15) is 0 Å². The number of aryl methyl sites for hydroxylation is 1. The molecule has 138 valence electrons. The molecule has 1 fully saturated rings. The zero-order chi connectivity index (χ0) is 18.8. The summed E-state index contributed by atoms with van der Waals surface area (Å²) >= 11 is 0. The molecule has 1 amide bonds. The highest BCUT2D eigenvalue weighted by Gasteiger charge is 2.23. The molecule has 27 heavy (non-hydrogen) atoms. The van der Waals surface area contributed by atoms with Crippen LogP contribution in [0, 0.1) is 12.8 Å². The number of hydrogen-bond acceptors (Lipinski definition) is 5. The maximum absolute atomic E-state index is 12.5. The van der Waals surface area contributed by atoms with Crippen molar-refractivity contribution in [1.82, 2.24) is 19.9 Å². The summed E-state index contributed by atoms with van der Waals surface area (Å²) in [6.45, 7) is 3.80. The molecule has 1 aliphatic rings. The second-order valence-corrected chi connectivity index (χ2v) is 7.22. The number of benzene rings is 1. The van der Waals surface area contributed by atoms with Crippen molar-refractivity contribution < 1.29 is 4.79 Å². The average Bonchev–Trinajstić information content (AvgIpc) is 2.68. The van der Waals surface area contributed by atoms with Gasteiger partial charge in [0.1, 0.15) is 11.6 Å². The first kappa shape index (κ1) is 17.5. The summed E-state index contributed by atoms with van der Waals surface area (Å²) in [7, 11) is 2.09. The molecule has 0 atom stereocenters. The molecule has 6 heteroatoms. The molecule has 0 bridgehead atoms. The Morgan fingerprint density at radius 1 is 1.00 bits per heavy atom. The van der Waals surface area contributed by atoms with Crippen LogP contribution in [0.5, 0.6) is 0 Å². The van der Waals surface area contributed by atoms with Crippen LogP contribution in [0.25, 0.3) is 21.9 Å². The summed E-state index contributed by atoms with van der Waals surface area (Å²) in [5.41, 5.74) is 2.01. The Morgan fingerprint density at radius 2 is 1.74 bits per heavy atom. The van der Waals surface area contributed by atoms with E-state index in [0.717, 1.165) is 53.7 Å². The summed E-state index contributed by atoms with van der Waals surface area (Å²) < 4.78 is 0. The Balaban J connectivity index is 1.55. The van der Waals surface area contributed by atoms with Crippen molar-refractivity contribution in [1.29, 1.82) is 0 Å². The average molecular weight is 361 g/mol. The highest BCUT2D eigenvalue weighted by molar-refractivity contribution is 5.95. The van der Waals surface area contributed by atoms with E-state index in [-0.39, 0.29) is 11.8 Å². The van der Waals surface area contributed by atoms with E-state index in [1.165, 1.54) is 0 Å². The number of rotatable bonds is 3. The number of nitrogens with zero attached hydrogens (tertiary/aromatic N) is 4. The molecule has 1 aromatic carbocycles. The van der Waals surface area contributed by atoms with Crippen molar-refractivity contribution in [2.45, 2.75) is 19.8 Å². The monoisotopic (exact) mass is 361 g/mol. The predicted molar refractivity (Wildman–Crippen MR) is 106 cm³/mol. The molecule has 0 unspecified atom stereocenters. The molecule has 1 saturated heterocycles. The van der Waals surface area contributed by atoms with Gasteiger partial charge in [-0.25, -0.2) is 15.0 Å². The van der Waals surface area contributed by atoms with E-state index in [1.807, 2.05) is 37.5 Å². The lowest BCUT2D eigenvalue weighted by Crippen LogP contribution is -2.36. The molecule has 0 aliphatic carbocycles. The van der Waals surface area contributed by atoms with Gasteiger partial charge in [0, 0.05) is 35.5 Å². The molecule has 0 spiro atoms. The quantitative estimate of drug-likeness (QED) is 0.775. The summed E-state index contributed by atoms with van der Waals surface area (Å²) in [5, 5.41) is 5.05. The van der Waals surface area contributed by atoms with Crippen LogP contribution in [0.15, 0.2) is 42.9 Å². The molecule has 1 N–H and O–H groups in total. The van der Waals surface area contributed by atoms with Gasteiger partial charge in [0.15, 0.2) is 0 Å². The third-order valence-electron chi connectivity index (χ3n) is 5.18. The zero-order valence-corrected chi connectivity index (χ0v) is 15.6. The number of aromatic nitrogens is 3. The number of fused-ring (bicyclic) bond motifs is 1. The van der Waals surface area contributed by atoms with Crippen molar-refractivity contribution in [2.75, 3.05) is 25.5 Å². The molecule has 4 rings (SSSR count). The highest BCUT2D eigenvalue weighted by Crippen LogP contribution is 2.25. The van der Waals surface area contributed by atoms with Crippen LogP contribution in [0.4, 0.5) is 5.82 Å². The Labute approximate surface area is 158 Å². The van der Waals surface area contributed by atoms with Gasteiger partial charge in [0.25, 0.3) is 0 Å². The molecule has 1 aliphatic heterocycles. The van der Waals surface area contributed by atoms with E-state index < -0.39 is 0 Å². The smallest absolute Gasteiger partial charge is 0.228 e. The van der Waals surface area contributed by atoms with Crippen molar-refractivity contribution in [3.05, 3.63) is 48.7 Å². The lowest BCUT2D eigenvalue weighted by molar-refractivity contribution is -0.121. The molecular formula is C21H23N5O. The topological polar surface area (TPSA) is 71.0 Å². The van der Waals surface area contributed by atoms with Gasteiger partial charge < -0.3 is 10.2 Å². The van der Waals surface area contributed by atoms with Gasteiger partial charge in [0.05, 0.1) is 0 Å². The standard InChI is InChI=1S/C21H23N5O/c1-14-22-12-19(13-23-14)16-3-4-17-11-24-20(10-18(17)9-16)25-21(27)15-5-7-26(2)8-6-15/h3-4,9-13,15H,5-8H2,1-2H3,(H,24,25,27). The molecular weight excluding hydrogens is 338 g/mol. The molecule has 0 radical (unpaired) electrons. The fourth-order valence-corrected chi connectivity index (χ4v) is 3.43. The first-order valence-corrected chi connectivity index (χ1v) is 9.27. The van der Waals surface area contributed by atoms with Crippen molar-refractivity contribution in [3.63, 3.8) is 0 Å². The maximum atomic E-state index is 12.5. The van der Waals surface area contributed by atoms with Gasteiger partial charge in [-0.3, -0.25) is 4.79 Å². The molecule has 2 aromatic heterocycles. The van der Waals surface area contributed by atoms with E-state index in [4.69, 9.17) is 0 Å². The first-order valence-electron chi connectivity index (χ1n) is 9.27. The van der Waals surface area contributed by atoms with Gasteiger partial charge in [-0.05, 0) is 63.0 Å². The maximum Gasteiger partial charge on any atom is 0.228 e.